The summed E-state index contributed by atoms with van der Waals surface area (Å²) in [6, 6.07) is 11.7. The summed E-state index contributed by atoms with van der Waals surface area (Å²) in [6.45, 7) is 2.46. The standard InChI is InChI=1S/C24H25N3O3/c1-3-20-14-19(8-10-29-20)26-24(28)15(2)11-18-13-17-12-16(22-5-4-9-30-22)6-7-21(17)27-23(18)25/h1,4-7,9,12-13,15,19-20H,8,10-11,14H2,2H3,(H2,25,27)(H,26,28)/t15-,19?,20?/m1/s1. The van der Waals surface area contributed by atoms with Crippen LogP contribution < -0.4 is 11.1 Å². The molecule has 1 saturated heterocycles. The molecule has 1 aromatic carbocycles. The van der Waals surface area contributed by atoms with Crippen molar-refractivity contribution in [2.45, 2.75) is 38.3 Å². The van der Waals surface area contributed by atoms with E-state index in [4.69, 9.17) is 21.3 Å². The Hall–Kier alpha value is -3.30. The van der Waals surface area contributed by atoms with Crippen molar-refractivity contribution < 1.29 is 13.9 Å². The number of nitrogens with zero attached hydrogens (tertiary/aromatic N) is 1. The number of hydrogen-bond donors (Lipinski definition) is 2. The van der Waals surface area contributed by atoms with Gasteiger partial charge in [-0.3, -0.25) is 4.79 Å². The summed E-state index contributed by atoms with van der Waals surface area (Å²) in [5.41, 5.74) is 8.83. The summed E-state index contributed by atoms with van der Waals surface area (Å²) in [5.74, 6) is 3.60. The van der Waals surface area contributed by atoms with E-state index in [2.05, 4.69) is 16.2 Å². The number of hydrogen-bond acceptors (Lipinski definition) is 5. The van der Waals surface area contributed by atoms with E-state index in [1.807, 2.05) is 43.3 Å². The Bertz CT molecular complexity index is 1090. The van der Waals surface area contributed by atoms with Crippen LogP contribution in [-0.2, 0) is 16.0 Å². The first-order valence-corrected chi connectivity index (χ1v) is 10.1. The number of pyridine rings is 1. The van der Waals surface area contributed by atoms with Crippen LogP contribution >= 0.6 is 0 Å². The smallest absolute Gasteiger partial charge is 0.223 e. The molecule has 0 aliphatic carbocycles. The van der Waals surface area contributed by atoms with E-state index in [0.29, 0.717) is 25.3 Å². The van der Waals surface area contributed by atoms with Gasteiger partial charge in [-0.25, -0.2) is 4.98 Å². The van der Waals surface area contributed by atoms with Crippen molar-refractivity contribution in [1.82, 2.24) is 10.3 Å². The third kappa shape index (κ3) is 4.32. The zero-order valence-corrected chi connectivity index (χ0v) is 16.9. The predicted molar refractivity (Wildman–Crippen MR) is 116 cm³/mol. The third-order valence-electron chi connectivity index (χ3n) is 5.52. The maximum absolute atomic E-state index is 12.7. The fourth-order valence-electron chi connectivity index (χ4n) is 3.80. The molecule has 3 N–H and O–H groups in total. The van der Waals surface area contributed by atoms with E-state index < -0.39 is 0 Å². The molecule has 3 aromatic rings. The lowest BCUT2D eigenvalue weighted by Gasteiger charge is -2.28. The molecule has 4 rings (SSSR count). The Morgan fingerprint density at radius 2 is 2.27 bits per heavy atom. The summed E-state index contributed by atoms with van der Waals surface area (Å²) < 4.78 is 11.0. The number of amides is 1. The molecule has 1 aliphatic rings. The monoisotopic (exact) mass is 403 g/mol. The van der Waals surface area contributed by atoms with E-state index in [-0.39, 0.29) is 24.0 Å². The first kappa shape index (κ1) is 20.0. The molecule has 2 unspecified atom stereocenters. The molecule has 3 atom stereocenters. The number of carbonyl (C=O) groups is 1. The molecule has 6 nitrogen and oxygen atoms in total. The van der Waals surface area contributed by atoms with Crippen molar-refractivity contribution in [1.29, 1.82) is 0 Å². The third-order valence-corrected chi connectivity index (χ3v) is 5.52. The predicted octanol–water partition coefficient (Wildman–Crippen LogP) is 3.55. The maximum Gasteiger partial charge on any atom is 0.223 e. The number of furan rings is 1. The van der Waals surface area contributed by atoms with Crippen LogP contribution in [0.1, 0.15) is 25.3 Å². The normalized spacial score (nSPS) is 19.9. The minimum atomic E-state index is -0.244. The number of rotatable bonds is 5. The number of ether oxygens (including phenoxy) is 1. The van der Waals surface area contributed by atoms with E-state index in [1.165, 1.54) is 0 Å². The lowest BCUT2D eigenvalue weighted by molar-refractivity contribution is -0.126. The van der Waals surface area contributed by atoms with Gasteiger partial charge in [0, 0.05) is 29.3 Å². The van der Waals surface area contributed by atoms with Gasteiger partial charge in [0.05, 0.1) is 18.4 Å². The Balaban J connectivity index is 1.48. The van der Waals surface area contributed by atoms with Gasteiger partial charge in [0.1, 0.15) is 17.7 Å². The molecule has 6 heteroatoms. The first-order valence-electron chi connectivity index (χ1n) is 10.1. The van der Waals surface area contributed by atoms with E-state index in [9.17, 15) is 4.79 Å². The molecule has 154 valence electrons. The highest BCUT2D eigenvalue weighted by Gasteiger charge is 2.25. The minimum absolute atomic E-state index is 0.0125. The van der Waals surface area contributed by atoms with Crippen LogP contribution in [0.3, 0.4) is 0 Å². The van der Waals surface area contributed by atoms with Crippen molar-refractivity contribution in [3.63, 3.8) is 0 Å². The molecular weight excluding hydrogens is 378 g/mol. The highest BCUT2D eigenvalue weighted by atomic mass is 16.5. The van der Waals surface area contributed by atoms with Crippen LogP contribution in [0.15, 0.2) is 47.1 Å². The van der Waals surface area contributed by atoms with Crippen LogP contribution in [0, 0.1) is 18.3 Å². The molecule has 30 heavy (non-hydrogen) atoms. The Labute approximate surface area is 175 Å². The quantitative estimate of drug-likeness (QED) is 0.636. The number of fused-ring (bicyclic) bond motifs is 1. The highest BCUT2D eigenvalue weighted by Crippen LogP contribution is 2.27. The molecule has 3 heterocycles. The number of terminal acetylenes is 1. The number of nitrogen functional groups attached to an aromatic ring is 1. The minimum Gasteiger partial charge on any atom is -0.464 e. The van der Waals surface area contributed by atoms with E-state index >= 15 is 0 Å². The second-order valence-electron chi connectivity index (χ2n) is 7.78. The zero-order valence-electron chi connectivity index (χ0n) is 16.9. The largest absolute Gasteiger partial charge is 0.464 e. The lowest BCUT2D eigenvalue weighted by Crippen LogP contribution is -2.44. The molecule has 0 bridgehead atoms. The van der Waals surface area contributed by atoms with E-state index in [1.54, 1.807) is 6.26 Å². The van der Waals surface area contributed by atoms with Gasteiger partial charge in [-0.05, 0) is 54.8 Å². The number of aromatic nitrogens is 1. The van der Waals surface area contributed by atoms with Gasteiger partial charge in [0.2, 0.25) is 5.91 Å². The average Bonchev–Trinajstić information content (AvgIpc) is 3.29. The molecule has 1 amide bonds. The van der Waals surface area contributed by atoms with Gasteiger partial charge in [0.25, 0.3) is 0 Å². The number of nitrogens with two attached hydrogens (primary N) is 1. The molecule has 1 fully saturated rings. The molecule has 1 aliphatic heterocycles. The van der Waals surface area contributed by atoms with Crippen molar-refractivity contribution in [3.05, 3.63) is 48.2 Å². The Kier molecular flexibility index (Phi) is 5.73. The molecule has 0 radical (unpaired) electrons. The average molecular weight is 403 g/mol. The summed E-state index contributed by atoms with van der Waals surface area (Å²) in [7, 11) is 0. The summed E-state index contributed by atoms with van der Waals surface area (Å²) >= 11 is 0. The second kappa shape index (κ2) is 8.60. The van der Waals surface area contributed by atoms with Crippen LogP contribution in [0.25, 0.3) is 22.2 Å². The van der Waals surface area contributed by atoms with Gasteiger partial charge in [-0.15, -0.1) is 6.42 Å². The molecule has 0 spiro atoms. The Morgan fingerprint density at radius 1 is 1.40 bits per heavy atom. The van der Waals surface area contributed by atoms with Gasteiger partial charge in [0.15, 0.2) is 0 Å². The second-order valence-corrected chi connectivity index (χ2v) is 7.78. The highest BCUT2D eigenvalue weighted by molar-refractivity contribution is 5.86. The summed E-state index contributed by atoms with van der Waals surface area (Å²) in [5, 5.41) is 4.06. The van der Waals surface area contributed by atoms with Gasteiger partial charge in [-0.1, -0.05) is 12.8 Å². The van der Waals surface area contributed by atoms with Crippen LogP contribution in [0.5, 0.6) is 0 Å². The number of carbonyl (C=O) groups excluding carboxylic acids is 1. The fraction of sp³-hybridized carbons (Fsp3) is 0.333. The van der Waals surface area contributed by atoms with Crippen LogP contribution in [0.4, 0.5) is 5.82 Å². The van der Waals surface area contributed by atoms with Crippen molar-refractivity contribution in [2.24, 2.45) is 5.92 Å². The number of anilines is 1. The fourth-order valence-corrected chi connectivity index (χ4v) is 3.80. The van der Waals surface area contributed by atoms with Gasteiger partial charge in [-0.2, -0.15) is 0 Å². The van der Waals surface area contributed by atoms with Crippen molar-refractivity contribution in [2.75, 3.05) is 12.3 Å². The van der Waals surface area contributed by atoms with Gasteiger partial charge < -0.3 is 20.2 Å². The topological polar surface area (TPSA) is 90.4 Å². The molecular formula is C24H25N3O3. The van der Waals surface area contributed by atoms with Crippen LogP contribution in [-0.4, -0.2) is 29.6 Å². The van der Waals surface area contributed by atoms with Gasteiger partial charge >= 0.3 is 0 Å². The van der Waals surface area contributed by atoms with Crippen molar-refractivity contribution in [3.8, 4) is 23.7 Å². The maximum atomic E-state index is 12.7. The Morgan fingerprint density at radius 3 is 3.03 bits per heavy atom. The SMILES string of the molecule is C#CC1CC(NC(=O)[C@H](C)Cc2cc3cc(-c4ccco4)ccc3nc2N)CCO1. The lowest BCUT2D eigenvalue weighted by atomic mass is 9.97. The van der Waals surface area contributed by atoms with Crippen LogP contribution in [0.2, 0.25) is 0 Å². The number of nitrogens with one attached hydrogen (secondary N) is 1. The van der Waals surface area contributed by atoms with E-state index in [0.717, 1.165) is 34.2 Å². The van der Waals surface area contributed by atoms with Crippen molar-refractivity contribution >= 4 is 22.6 Å². The molecule has 2 aromatic heterocycles. The zero-order chi connectivity index (χ0) is 21.1. The summed E-state index contributed by atoms with van der Waals surface area (Å²) in [4.78, 5) is 17.2. The summed E-state index contributed by atoms with van der Waals surface area (Å²) in [6.07, 6.45) is 8.78. The molecule has 0 saturated carbocycles. The number of benzene rings is 1. The first-order chi connectivity index (χ1) is 14.5.